The molecule has 0 atom stereocenters. The highest BCUT2D eigenvalue weighted by Crippen LogP contribution is 2.22. The maximum Gasteiger partial charge on any atom is 0.215 e. The molecule has 0 aromatic carbocycles. The first-order valence-electron chi connectivity index (χ1n) is 6.05. The smallest absolute Gasteiger partial charge is 0.215 e. The normalized spacial score (nSPS) is 11.6. The lowest BCUT2D eigenvalue weighted by Gasteiger charge is -2.23. The van der Waals surface area contributed by atoms with Crippen LogP contribution in [0, 0.1) is 0 Å². The van der Waals surface area contributed by atoms with Crippen molar-refractivity contribution in [1.29, 1.82) is 0 Å². The van der Waals surface area contributed by atoms with Crippen molar-refractivity contribution in [3.63, 3.8) is 0 Å². The summed E-state index contributed by atoms with van der Waals surface area (Å²) in [7, 11) is 1.59. The number of ether oxygens (including phenoxy) is 2. The number of nitrogens with zero attached hydrogens (tertiary/aromatic N) is 2. The van der Waals surface area contributed by atoms with Crippen molar-refractivity contribution in [3.05, 3.63) is 24.3 Å². The van der Waals surface area contributed by atoms with E-state index in [-0.39, 0.29) is 5.60 Å². The van der Waals surface area contributed by atoms with E-state index in [1.54, 1.807) is 7.11 Å². The van der Waals surface area contributed by atoms with Gasteiger partial charge in [-0.2, -0.15) is 9.97 Å². The third-order valence-electron chi connectivity index (χ3n) is 2.94. The molecule has 2 rings (SSSR count). The first-order valence-corrected chi connectivity index (χ1v) is 6.05. The number of hydrogen-bond donors (Lipinski definition) is 0. The van der Waals surface area contributed by atoms with Crippen molar-refractivity contribution in [2.24, 2.45) is 0 Å². The molecular weight excluding hydrogens is 228 g/mol. The van der Waals surface area contributed by atoms with Crippen LogP contribution in [0.1, 0.15) is 27.2 Å². The lowest BCUT2D eigenvalue weighted by Crippen LogP contribution is -2.27. The summed E-state index contributed by atoms with van der Waals surface area (Å²) in [5.41, 5.74) is 0.415. The van der Waals surface area contributed by atoms with Gasteiger partial charge in [-0.25, -0.2) is 0 Å². The van der Waals surface area contributed by atoms with E-state index in [0.29, 0.717) is 17.4 Å². The zero-order valence-electron chi connectivity index (χ0n) is 11.2. The zero-order valence-corrected chi connectivity index (χ0v) is 11.2. The van der Waals surface area contributed by atoms with Crippen molar-refractivity contribution >= 4 is 11.0 Å². The van der Waals surface area contributed by atoms with E-state index in [4.69, 9.17) is 9.47 Å². The number of methoxy groups -OCH3 is 1. The lowest BCUT2D eigenvalue weighted by atomic mass is 10.1. The van der Waals surface area contributed by atoms with Crippen LogP contribution in [0.5, 0.6) is 11.8 Å². The molecule has 0 saturated carbocycles. The highest BCUT2D eigenvalue weighted by molar-refractivity contribution is 5.75. The average molecular weight is 246 g/mol. The fourth-order valence-corrected chi connectivity index (χ4v) is 1.49. The van der Waals surface area contributed by atoms with Gasteiger partial charge < -0.3 is 9.47 Å². The van der Waals surface area contributed by atoms with E-state index < -0.39 is 0 Å². The zero-order chi connectivity index (χ0) is 13.2. The van der Waals surface area contributed by atoms with E-state index in [1.807, 2.05) is 38.1 Å². The maximum atomic E-state index is 5.84. The molecule has 0 aliphatic heterocycles. The Morgan fingerprint density at radius 3 is 2.28 bits per heavy atom. The molecule has 0 fully saturated rings. The predicted octanol–water partition coefficient (Wildman–Crippen LogP) is 3.21. The number of hydrogen-bond acceptors (Lipinski definition) is 4. The second-order valence-corrected chi connectivity index (χ2v) is 4.77. The highest BCUT2D eigenvalue weighted by Gasteiger charge is 2.17. The Bertz CT molecular complexity index is 552. The van der Waals surface area contributed by atoms with Crippen molar-refractivity contribution in [2.75, 3.05) is 7.11 Å². The van der Waals surface area contributed by atoms with Crippen LogP contribution in [0.4, 0.5) is 0 Å². The second kappa shape index (κ2) is 4.80. The fourth-order valence-electron chi connectivity index (χ4n) is 1.49. The van der Waals surface area contributed by atoms with Gasteiger partial charge >= 0.3 is 0 Å². The van der Waals surface area contributed by atoms with Crippen molar-refractivity contribution in [1.82, 2.24) is 9.97 Å². The Kier molecular flexibility index (Phi) is 3.36. The summed E-state index contributed by atoms with van der Waals surface area (Å²) in [6, 6.07) is 7.58. The fraction of sp³-hybridized carbons (Fsp3) is 0.429. The third-order valence-corrected chi connectivity index (χ3v) is 2.94. The largest absolute Gasteiger partial charge is 0.481 e. The van der Waals surface area contributed by atoms with Crippen LogP contribution in [0.25, 0.3) is 11.0 Å². The summed E-state index contributed by atoms with van der Waals surface area (Å²) in [5.74, 6) is 1.15. The van der Waals surface area contributed by atoms with Gasteiger partial charge in [0, 0.05) is 17.5 Å². The number of aromatic nitrogens is 2. The predicted molar refractivity (Wildman–Crippen MR) is 71.1 cm³/mol. The molecule has 0 N–H and O–H groups in total. The second-order valence-electron chi connectivity index (χ2n) is 4.77. The van der Waals surface area contributed by atoms with Gasteiger partial charge in [-0.05, 0) is 32.4 Å². The first-order chi connectivity index (χ1) is 8.54. The van der Waals surface area contributed by atoms with E-state index in [9.17, 15) is 0 Å². The minimum absolute atomic E-state index is 0.223. The van der Waals surface area contributed by atoms with Gasteiger partial charge in [0.1, 0.15) is 5.60 Å². The lowest BCUT2D eigenvalue weighted by molar-refractivity contribution is 0.0994. The van der Waals surface area contributed by atoms with Crippen molar-refractivity contribution < 1.29 is 9.47 Å². The highest BCUT2D eigenvalue weighted by atomic mass is 16.5. The van der Waals surface area contributed by atoms with Crippen LogP contribution in [0.3, 0.4) is 0 Å². The van der Waals surface area contributed by atoms with Gasteiger partial charge in [0.2, 0.25) is 11.8 Å². The number of rotatable bonds is 4. The van der Waals surface area contributed by atoms with Crippen LogP contribution < -0.4 is 9.47 Å². The molecule has 0 saturated heterocycles. The summed E-state index contributed by atoms with van der Waals surface area (Å²) in [5, 5.41) is 0.970. The molecular formula is C14H18N2O2. The molecule has 96 valence electrons. The Morgan fingerprint density at radius 2 is 1.67 bits per heavy atom. The van der Waals surface area contributed by atoms with Crippen molar-refractivity contribution in [3.8, 4) is 11.8 Å². The molecule has 0 aliphatic carbocycles. The quantitative estimate of drug-likeness (QED) is 0.831. The average Bonchev–Trinajstić information content (AvgIpc) is 2.37. The summed E-state index contributed by atoms with van der Waals surface area (Å²) in [6.45, 7) is 6.16. The Balaban J connectivity index is 2.36. The van der Waals surface area contributed by atoms with E-state index in [1.165, 1.54) is 0 Å². The minimum Gasteiger partial charge on any atom is -0.481 e. The molecule has 0 unspecified atom stereocenters. The maximum absolute atomic E-state index is 5.84. The van der Waals surface area contributed by atoms with Gasteiger partial charge in [-0.15, -0.1) is 0 Å². The summed E-state index contributed by atoms with van der Waals surface area (Å²) >= 11 is 0. The van der Waals surface area contributed by atoms with E-state index >= 15 is 0 Å². The first kappa shape index (κ1) is 12.6. The van der Waals surface area contributed by atoms with Crippen LogP contribution in [0.2, 0.25) is 0 Å². The molecule has 0 spiro atoms. The van der Waals surface area contributed by atoms with Crippen LogP contribution in [-0.4, -0.2) is 22.7 Å². The molecule has 2 aromatic heterocycles. The monoisotopic (exact) mass is 246 g/mol. The van der Waals surface area contributed by atoms with Gasteiger partial charge in [0.05, 0.1) is 7.11 Å². The van der Waals surface area contributed by atoms with Crippen molar-refractivity contribution in [2.45, 2.75) is 32.8 Å². The third kappa shape index (κ3) is 2.70. The van der Waals surface area contributed by atoms with Gasteiger partial charge in [-0.1, -0.05) is 6.92 Å². The van der Waals surface area contributed by atoms with Gasteiger partial charge in [0.25, 0.3) is 0 Å². The topological polar surface area (TPSA) is 44.2 Å². The summed E-state index contributed by atoms with van der Waals surface area (Å²) in [6.07, 6.45) is 0.915. The molecule has 0 radical (unpaired) electrons. The van der Waals surface area contributed by atoms with E-state index in [2.05, 4.69) is 16.9 Å². The molecule has 4 heteroatoms. The van der Waals surface area contributed by atoms with Crippen LogP contribution >= 0.6 is 0 Å². The Labute approximate surface area is 107 Å². The van der Waals surface area contributed by atoms with Gasteiger partial charge in [-0.3, -0.25) is 0 Å². The number of pyridine rings is 2. The summed E-state index contributed by atoms with van der Waals surface area (Å²) < 4.78 is 10.9. The molecule has 0 amide bonds. The number of fused-ring (bicyclic) bond motifs is 1. The molecule has 2 aromatic rings. The van der Waals surface area contributed by atoms with Gasteiger partial charge in [0.15, 0.2) is 5.65 Å². The Morgan fingerprint density at radius 1 is 1.06 bits per heavy atom. The molecule has 0 aliphatic rings. The SMILES string of the molecule is CCC(C)(C)Oc1ccc2ccc(OC)nc2n1. The standard InChI is InChI=1S/C14H18N2O2/c1-5-14(2,3)18-12-9-7-10-6-8-11(17-4)15-13(10)16-12/h6-9H,5H2,1-4H3. The molecule has 2 heterocycles. The van der Waals surface area contributed by atoms with Crippen LogP contribution in [-0.2, 0) is 0 Å². The summed E-state index contributed by atoms with van der Waals surface area (Å²) in [4.78, 5) is 8.70. The Hall–Kier alpha value is -1.84. The molecule has 0 bridgehead atoms. The van der Waals surface area contributed by atoms with Crippen LogP contribution in [0.15, 0.2) is 24.3 Å². The molecule has 4 nitrogen and oxygen atoms in total. The van der Waals surface area contributed by atoms with E-state index in [0.717, 1.165) is 11.8 Å². The minimum atomic E-state index is -0.223. The molecule has 18 heavy (non-hydrogen) atoms.